The molecule has 150 valence electrons. The highest BCUT2D eigenvalue weighted by molar-refractivity contribution is 6.10. The maximum Gasteiger partial charge on any atom is 0.178 e. The van der Waals surface area contributed by atoms with Crippen LogP contribution in [0.15, 0.2) is 89.2 Å². The van der Waals surface area contributed by atoms with Crippen LogP contribution in [0, 0.1) is 0 Å². The molecule has 0 bridgehead atoms. The van der Waals surface area contributed by atoms with Gasteiger partial charge in [-0.05, 0) is 40.3 Å². The minimum atomic E-state index is -0.798. The van der Waals surface area contributed by atoms with Crippen LogP contribution in [-0.4, -0.2) is 22.8 Å². The van der Waals surface area contributed by atoms with Gasteiger partial charge in [-0.25, -0.2) is 0 Å². The Bertz CT molecular complexity index is 1320. The van der Waals surface area contributed by atoms with Crippen LogP contribution in [-0.2, 0) is 15.0 Å². The van der Waals surface area contributed by atoms with E-state index in [0.29, 0.717) is 11.3 Å². The minimum Gasteiger partial charge on any atom is -0.295 e. The van der Waals surface area contributed by atoms with Crippen LogP contribution >= 0.6 is 0 Å². The van der Waals surface area contributed by atoms with Crippen LogP contribution in [0.2, 0.25) is 0 Å². The van der Waals surface area contributed by atoms with Gasteiger partial charge in [-0.15, -0.1) is 0 Å². The smallest absolute Gasteiger partial charge is 0.178 e. The Kier molecular flexibility index (Phi) is 3.55. The van der Waals surface area contributed by atoms with Crippen molar-refractivity contribution in [2.24, 2.45) is 5.10 Å². The molecule has 1 unspecified atom stereocenters. The Morgan fingerprint density at radius 2 is 1.39 bits per heavy atom. The number of ketones is 2. The molecular weight excluding hydrogens is 384 g/mol. The van der Waals surface area contributed by atoms with Crippen LogP contribution < -0.4 is 0 Å². The van der Waals surface area contributed by atoms with Gasteiger partial charge in [0, 0.05) is 12.5 Å². The number of fused-ring (bicyclic) bond motifs is 9. The summed E-state index contributed by atoms with van der Waals surface area (Å²) < 4.78 is 0. The van der Waals surface area contributed by atoms with Crippen molar-refractivity contribution in [2.45, 2.75) is 25.3 Å². The second kappa shape index (κ2) is 6.11. The molecule has 1 spiro atoms. The average molecular weight is 404 g/mol. The summed E-state index contributed by atoms with van der Waals surface area (Å²) in [6.07, 6.45) is 1.79. The highest BCUT2D eigenvalue weighted by Crippen LogP contribution is 2.65. The quantitative estimate of drug-likeness (QED) is 0.617. The lowest BCUT2D eigenvalue weighted by Crippen LogP contribution is -2.39. The largest absolute Gasteiger partial charge is 0.295 e. The second-order valence-corrected chi connectivity index (χ2v) is 8.36. The average Bonchev–Trinajstić information content (AvgIpc) is 3.26. The molecule has 2 aliphatic heterocycles. The number of hydrogen-bond donors (Lipinski definition) is 0. The normalized spacial score (nSPS) is 19.2. The van der Waals surface area contributed by atoms with E-state index in [2.05, 4.69) is 30.3 Å². The summed E-state index contributed by atoms with van der Waals surface area (Å²) in [5.74, 6) is -0.246. The molecule has 0 fully saturated rings. The third kappa shape index (κ3) is 2.07. The van der Waals surface area contributed by atoms with Gasteiger partial charge in [0.2, 0.25) is 0 Å². The van der Waals surface area contributed by atoms with E-state index in [-0.39, 0.29) is 17.6 Å². The first-order valence-electron chi connectivity index (χ1n) is 10.4. The molecule has 31 heavy (non-hydrogen) atoms. The summed E-state index contributed by atoms with van der Waals surface area (Å²) in [7, 11) is 0. The SMILES string of the molecule is CC(=O)C1=C(C(C)=O)C2(c3ccccc3-c3ccccc32)C2c3ccccc3C=NN12. The number of allylic oxidation sites excluding steroid dienone is 1. The second-order valence-electron chi connectivity index (χ2n) is 8.36. The van der Waals surface area contributed by atoms with Crippen molar-refractivity contribution < 1.29 is 9.59 Å². The van der Waals surface area contributed by atoms with Gasteiger partial charge >= 0.3 is 0 Å². The van der Waals surface area contributed by atoms with Crippen molar-refractivity contribution in [1.82, 2.24) is 5.01 Å². The van der Waals surface area contributed by atoms with E-state index < -0.39 is 5.41 Å². The zero-order valence-corrected chi connectivity index (χ0v) is 17.3. The molecule has 1 aliphatic carbocycles. The van der Waals surface area contributed by atoms with Gasteiger partial charge < -0.3 is 0 Å². The fraction of sp³-hybridized carbons (Fsp3) is 0.148. The third-order valence-corrected chi connectivity index (χ3v) is 6.81. The molecule has 0 amide bonds. The zero-order valence-electron chi connectivity index (χ0n) is 17.3. The van der Waals surface area contributed by atoms with Crippen LogP contribution in [0.25, 0.3) is 11.1 Å². The van der Waals surface area contributed by atoms with E-state index in [4.69, 9.17) is 5.10 Å². The van der Waals surface area contributed by atoms with Gasteiger partial charge in [0.05, 0.1) is 17.7 Å². The third-order valence-electron chi connectivity index (χ3n) is 6.81. The summed E-state index contributed by atoms with van der Waals surface area (Å²) in [6.45, 7) is 3.09. The molecule has 2 heterocycles. The van der Waals surface area contributed by atoms with Crippen LogP contribution in [0.3, 0.4) is 0 Å². The van der Waals surface area contributed by atoms with Gasteiger partial charge in [0.25, 0.3) is 0 Å². The highest BCUT2D eigenvalue weighted by Gasteiger charge is 2.62. The van der Waals surface area contributed by atoms with Crippen molar-refractivity contribution in [2.75, 3.05) is 0 Å². The van der Waals surface area contributed by atoms with Gasteiger partial charge in [0.15, 0.2) is 11.6 Å². The molecule has 0 radical (unpaired) electrons. The van der Waals surface area contributed by atoms with Crippen molar-refractivity contribution in [3.05, 3.63) is 106 Å². The minimum absolute atomic E-state index is 0.0983. The van der Waals surface area contributed by atoms with Crippen LogP contribution in [0.4, 0.5) is 0 Å². The number of Topliss-reactive ketones (excluding diaryl/α,β-unsaturated/α-hetero) is 2. The summed E-state index contributed by atoms with van der Waals surface area (Å²) in [5.41, 5.74) is 6.54. The van der Waals surface area contributed by atoms with E-state index in [9.17, 15) is 9.59 Å². The molecule has 3 aliphatic rings. The molecule has 1 atom stereocenters. The lowest BCUT2D eigenvalue weighted by molar-refractivity contribution is -0.117. The predicted molar refractivity (Wildman–Crippen MR) is 120 cm³/mol. The van der Waals surface area contributed by atoms with Crippen LogP contribution in [0.1, 0.15) is 42.1 Å². The maximum absolute atomic E-state index is 13.3. The van der Waals surface area contributed by atoms with Crippen molar-refractivity contribution in [3.8, 4) is 11.1 Å². The van der Waals surface area contributed by atoms with E-state index in [1.807, 2.05) is 42.5 Å². The number of hydrogen-bond acceptors (Lipinski definition) is 4. The number of benzene rings is 3. The Hall–Kier alpha value is -3.79. The monoisotopic (exact) mass is 404 g/mol. The van der Waals surface area contributed by atoms with Gasteiger partial charge in [0.1, 0.15) is 5.70 Å². The molecule has 0 saturated heterocycles. The Labute approximate surface area is 180 Å². The summed E-state index contributed by atoms with van der Waals surface area (Å²) in [6, 6.07) is 24.3. The van der Waals surface area contributed by atoms with Gasteiger partial charge in [-0.1, -0.05) is 72.8 Å². The fourth-order valence-corrected chi connectivity index (χ4v) is 5.86. The number of hydrazone groups is 1. The highest BCUT2D eigenvalue weighted by atomic mass is 16.1. The topological polar surface area (TPSA) is 49.7 Å². The van der Waals surface area contributed by atoms with Crippen molar-refractivity contribution >= 4 is 17.8 Å². The first kappa shape index (κ1) is 18.0. The lowest BCUT2D eigenvalue weighted by atomic mass is 9.65. The first-order chi connectivity index (χ1) is 15.1. The Morgan fingerprint density at radius 3 is 2.00 bits per heavy atom. The number of carbonyl (C=O) groups is 2. The van der Waals surface area contributed by atoms with E-state index in [1.54, 1.807) is 18.1 Å². The molecule has 4 nitrogen and oxygen atoms in total. The van der Waals surface area contributed by atoms with Crippen molar-refractivity contribution in [3.63, 3.8) is 0 Å². The molecule has 0 saturated carbocycles. The Morgan fingerprint density at radius 1 is 0.806 bits per heavy atom. The predicted octanol–water partition coefficient (Wildman–Crippen LogP) is 4.79. The van der Waals surface area contributed by atoms with Gasteiger partial charge in [-0.2, -0.15) is 5.10 Å². The molecule has 3 aromatic rings. The van der Waals surface area contributed by atoms with E-state index in [1.165, 1.54) is 6.92 Å². The molecule has 3 aromatic carbocycles. The zero-order chi connectivity index (χ0) is 21.3. The summed E-state index contributed by atoms with van der Waals surface area (Å²) >= 11 is 0. The summed E-state index contributed by atoms with van der Waals surface area (Å²) in [5, 5.41) is 6.50. The van der Waals surface area contributed by atoms with E-state index in [0.717, 1.165) is 33.4 Å². The number of rotatable bonds is 2. The van der Waals surface area contributed by atoms with Crippen LogP contribution in [0.5, 0.6) is 0 Å². The fourth-order valence-electron chi connectivity index (χ4n) is 5.86. The number of nitrogens with zero attached hydrogens (tertiary/aromatic N) is 2. The summed E-state index contributed by atoms with van der Waals surface area (Å²) in [4.78, 5) is 26.3. The standard InChI is InChI=1S/C27H20N2O2/c1-16(30)24-25(17(2)31)29-26(19-10-4-3-9-18(19)15-28-29)27(24)22-13-7-5-11-20(22)21-12-6-8-14-23(21)27/h3-15,26H,1-2H3. The molecule has 6 rings (SSSR count). The maximum atomic E-state index is 13.3. The first-order valence-corrected chi connectivity index (χ1v) is 10.4. The molecule has 0 aromatic heterocycles. The van der Waals surface area contributed by atoms with Crippen molar-refractivity contribution in [1.29, 1.82) is 0 Å². The van der Waals surface area contributed by atoms with Gasteiger partial charge in [-0.3, -0.25) is 14.6 Å². The molecular formula is C27H20N2O2. The molecule has 0 N–H and O–H groups in total. The number of carbonyl (C=O) groups excluding carboxylic acids is 2. The molecule has 4 heteroatoms. The lowest BCUT2D eigenvalue weighted by Gasteiger charge is -2.40. The Balaban J connectivity index is 1.83. The van der Waals surface area contributed by atoms with E-state index >= 15 is 0 Å².